The average molecular weight is 309 g/mol. The van der Waals surface area contributed by atoms with E-state index in [1.807, 2.05) is 23.5 Å². The summed E-state index contributed by atoms with van der Waals surface area (Å²) in [7, 11) is 0. The van der Waals surface area contributed by atoms with E-state index in [-0.39, 0.29) is 5.82 Å². The number of halogens is 1. The molecule has 0 aliphatic heterocycles. The van der Waals surface area contributed by atoms with Crippen molar-refractivity contribution in [2.75, 3.05) is 12.3 Å². The van der Waals surface area contributed by atoms with Gasteiger partial charge in [-0.15, -0.1) is 23.1 Å². The highest BCUT2D eigenvalue weighted by Crippen LogP contribution is 2.29. The van der Waals surface area contributed by atoms with E-state index in [0.717, 1.165) is 23.6 Å². The Morgan fingerprint density at radius 3 is 2.60 bits per heavy atom. The molecule has 1 aromatic heterocycles. The molecule has 1 atom stereocenters. The Labute approximate surface area is 128 Å². The first-order chi connectivity index (χ1) is 9.70. The molecule has 0 aliphatic carbocycles. The summed E-state index contributed by atoms with van der Waals surface area (Å²) >= 11 is 3.58. The van der Waals surface area contributed by atoms with Crippen molar-refractivity contribution in [2.24, 2.45) is 0 Å². The molecule has 0 radical (unpaired) electrons. The lowest BCUT2D eigenvalue weighted by molar-refractivity contribution is 0.583. The van der Waals surface area contributed by atoms with Crippen molar-refractivity contribution >= 4 is 23.1 Å². The number of rotatable bonds is 7. The monoisotopic (exact) mass is 309 g/mol. The third-order valence-corrected chi connectivity index (χ3v) is 5.33. The average Bonchev–Trinajstić information content (AvgIpc) is 2.87. The standard InChI is InChI=1S/C16H20FNS2/c1-3-9-18-15(16-12(2)8-10-19-16)11-20-14-6-4-13(17)5-7-14/h4-8,10,15,18H,3,9,11H2,1-2H3. The third-order valence-electron chi connectivity index (χ3n) is 3.09. The van der Waals surface area contributed by atoms with Crippen molar-refractivity contribution < 1.29 is 4.39 Å². The van der Waals surface area contributed by atoms with E-state index in [0.29, 0.717) is 6.04 Å². The lowest BCUT2D eigenvalue weighted by Gasteiger charge is -2.18. The number of nitrogens with one attached hydrogen (secondary N) is 1. The van der Waals surface area contributed by atoms with Crippen LogP contribution >= 0.6 is 23.1 Å². The second-order valence-corrected chi connectivity index (χ2v) is 6.78. The fraction of sp³-hybridized carbons (Fsp3) is 0.375. The maximum absolute atomic E-state index is 12.9. The predicted molar refractivity (Wildman–Crippen MR) is 87.2 cm³/mol. The Morgan fingerprint density at radius 2 is 2.00 bits per heavy atom. The number of aryl methyl sites for hydroxylation is 1. The Bertz CT molecular complexity index is 522. The highest BCUT2D eigenvalue weighted by molar-refractivity contribution is 7.99. The summed E-state index contributed by atoms with van der Waals surface area (Å²) in [4.78, 5) is 2.52. The number of hydrogen-bond donors (Lipinski definition) is 1. The summed E-state index contributed by atoms with van der Waals surface area (Å²) in [5, 5.41) is 5.76. The number of benzene rings is 1. The highest BCUT2D eigenvalue weighted by Gasteiger charge is 2.14. The number of thioether (sulfide) groups is 1. The smallest absolute Gasteiger partial charge is 0.123 e. The van der Waals surface area contributed by atoms with Crippen molar-refractivity contribution in [3.63, 3.8) is 0 Å². The van der Waals surface area contributed by atoms with Gasteiger partial charge in [-0.2, -0.15) is 0 Å². The van der Waals surface area contributed by atoms with Gasteiger partial charge in [0.15, 0.2) is 0 Å². The van der Waals surface area contributed by atoms with Gasteiger partial charge < -0.3 is 5.32 Å². The van der Waals surface area contributed by atoms with Crippen LogP contribution in [0.1, 0.15) is 29.8 Å². The van der Waals surface area contributed by atoms with E-state index in [4.69, 9.17) is 0 Å². The van der Waals surface area contributed by atoms with Crippen LogP contribution in [-0.4, -0.2) is 12.3 Å². The Morgan fingerprint density at radius 1 is 1.25 bits per heavy atom. The molecule has 0 amide bonds. The molecule has 2 aromatic rings. The molecular weight excluding hydrogens is 289 g/mol. The molecular formula is C16H20FNS2. The number of thiophene rings is 1. The minimum absolute atomic E-state index is 0.177. The molecule has 0 saturated carbocycles. The van der Waals surface area contributed by atoms with Gasteiger partial charge in [-0.25, -0.2) is 4.39 Å². The molecule has 0 saturated heterocycles. The molecule has 108 valence electrons. The summed E-state index contributed by atoms with van der Waals surface area (Å²) in [6.45, 7) is 5.36. The van der Waals surface area contributed by atoms with Crippen LogP contribution in [0.4, 0.5) is 4.39 Å². The van der Waals surface area contributed by atoms with Crippen LogP contribution in [0.3, 0.4) is 0 Å². The Kier molecular flexibility index (Phi) is 6.07. The van der Waals surface area contributed by atoms with Gasteiger partial charge in [0.2, 0.25) is 0 Å². The first-order valence-electron chi connectivity index (χ1n) is 6.86. The van der Waals surface area contributed by atoms with E-state index in [9.17, 15) is 4.39 Å². The van der Waals surface area contributed by atoms with Crippen molar-refractivity contribution in [2.45, 2.75) is 31.2 Å². The van der Waals surface area contributed by atoms with Crippen molar-refractivity contribution in [1.82, 2.24) is 5.32 Å². The van der Waals surface area contributed by atoms with Crippen LogP contribution in [0.25, 0.3) is 0 Å². The minimum Gasteiger partial charge on any atom is -0.309 e. The zero-order valence-electron chi connectivity index (χ0n) is 11.9. The second kappa shape index (κ2) is 7.81. The highest BCUT2D eigenvalue weighted by atomic mass is 32.2. The molecule has 4 heteroatoms. The van der Waals surface area contributed by atoms with Crippen molar-refractivity contribution in [1.29, 1.82) is 0 Å². The quantitative estimate of drug-likeness (QED) is 0.720. The van der Waals surface area contributed by atoms with Crippen LogP contribution in [0.5, 0.6) is 0 Å². The first-order valence-corrected chi connectivity index (χ1v) is 8.73. The SMILES string of the molecule is CCCNC(CSc1ccc(F)cc1)c1sccc1C. The molecule has 1 heterocycles. The van der Waals surface area contributed by atoms with Crippen molar-refractivity contribution in [3.8, 4) is 0 Å². The van der Waals surface area contributed by atoms with Gasteiger partial charge in [-0.1, -0.05) is 6.92 Å². The maximum atomic E-state index is 12.9. The van der Waals surface area contributed by atoms with E-state index in [1.54, 1.807) is 11.8 Å². The number of hydrogen-bond acceptors (Lipinski definition) is 3. The van der Waals surface area contributed by atoms with E-state index < -0.39 is 0 Å². The third kappa shape index (κ3) is 4.33. The van der Waals surface area contributed by atoms with Gasteiger partial charge in [0, 0.05) is 15.5 Å². The summed E-state index contributed by atoms with van der Waals surface area (Å²) in [6.07, 6.45) is 1.13. The topological polar surface area (TPSA) is 12.0 Å². The van der Waals surface area contributed by atoms with E-state index >= 15 is 0 Å². The maximum Gasteiger partial charge on any atom is 0.123 e. The molecule has 1 nitrogen and oxygen atoms in total. The van der Waals surface area contributed by atoms with Gasteiger partial charge in [-0.3, -0.25) is 0 Å². The van der Waals surface area contributed by atoms with Gasteiger partial charge in [0.1, 0.15) is 5.82 Å². The largest absolute Gasteiger partial charge is 0.309 e. The molecule has 0 spiro atoms. The zero-order valence-corrected chi connectivity index (χ0v) is 13.5. The van der Waals surface area contributed by atoms with Gasteiger partial charge in [0.25, 0.3) is 0 Å². The molecule has 20 heavy (non-hydrogen) atoms. The molecule has 0 fully saturated rings. The van der Waals surface area contributed by atoms with Crippen LogP contribution in [0, 0.1) is 12.7 Å². The zero-order chi connectivity index (χ0) is 14.4. The van der Waals surface area contributed by atoms with Gasteiger partial charge in [-0.05, 0) is 61.2 Å². The summed E-state index contributed by atoms with van der Waals surface area (Å²) in [5.41, 5.74) is 1.35. The van der Waals surface area contributed by atoms with Crippen LogP contribution in [0.2, 0.25) is 0 Å². The van der Waals surface area contributed by atoms with Gasteiger partial charge >= 0.3 is 0 Å². The molecule has 1 unspecified atom stereocenters. The fourth-order valence-corrected chi connectivity index (χ4v) is 4.08. The molecule has 2 rings (SSSR count). The van der Waals surface area contributed by atoms with E-state index in [1.165, 1.54) is 22.6 Å². The van der Waals surface area contributed by atoms with Gasteiger partial charge in [0.05, 0.1) is 6.04 Å². The Balaban J connectivity index is 2.01. The van der Waals surface area contributed by atoms with Crippen molar-refractivity contribution in [3.05, 3.63) is 52.0 Å². The normalized spacial score (nSPS) is 12.6. The van der Waals surface area contributed by atoms with Crippen LogP contribution < -0.4 is 5.32 Å². The minimum atomic E-state index is -0.177. The molecule has 0 aliphatic rings. The molecule has 0 bridgehead atoms. The lowest BCUT2D eigenvalue weighted by Crippen LogP contribution is -2.23. The van der Waals surface area contributed by atoms with Crippen LogP contribution in [0.15, 0.2) is 40.6 Å². The van der Waals surface area contributed by atoms with Crippen LogP contribution in [-0.2, 0) is 0 Å². The first kappa shape index (κ1) is 15.5. The summed E-state index contributed by atoms with van der Waals surface area (Å²) < 4.78 is 12.9. The summed E-state index contributed by atoms with van der Waals surface area (Å²) in [5.74, 6) is 0.789. The van der Waals surface area contributed by atoms with E-state index in [2.05, 4.69) is 30.6 Å². The lowest BCUT2D eigenvalue weighted by atomic mass is 10.2. The summed E-state index contributed by atoms with van der Waals surface area (Å²) in [6, 6.07) is 9.27. The molecule has 1 N–H and O–H groups in total. The molecule has 1 aromatic carbocycles. The fourth-order valence-electron chi connectivity index (χ4n) is 2.00. The Hall–Kier alpha value is -0.840. The second-order valence-electron chi connectivity index (χ2n) is 4.74. The predicted octanol–water partition coefficient (Wildman–Crippen LogP) is 5.03.